The molecule has 3 N–H and O–H groups in total. The molecule has 3 saturated carbocycles. The largest absolute Gasteiger partial charge is 0.456 e. The summed E-state index contributed by atoms with van der Waals surface area (Å²) >= 11 is 0. The van der Waals surface area contributed by atoms with E-state index in [9.17, 15) is 24.3 Å². The minimum Gasteiger partial charge on any atom is -0.456 e. The van der Waals surface area contributed by atoms with Crippen LogP contribution in [0.1, 0.15) is 87.0 Å². The number of allylic oxidation sites excluding steroid dienone is 4. The lowest BCUT2D eigenvalue weighted by atomic mass is 9.44. The van der Waals surface area contributed by atoms with E-state index in [0.29, 0.717) is 19.3 Å². The van der Waals surface area contributed by atoms with E-state index in [4.69, 9.17) is 14.2 Å². The summed E-state index contributed by atoms with van der Waals surface area (Å²) in [6.45, 7) is 11.5. The molecule has 1 amide bonds. The van der Waals surface area contributed by atoms with E-state index in [2.05, 4.69) is 10.6 Å². The van der Waals surface area contributed by atoms with Crippen molar-refractivity contribution in [3.8, 4) is 0 Å². The lowest BCUT2D eigenvalue weighted by Crippen LogP contribution is -2.71. The highest BCUT2D eigenvalue weighted by molar-refractivity contribution is 6.01. The van der Waals surface area contributed by atoms with Gasteiger partial charge in [-0.25, -0.2) is 13.6 Å². The topological polar surface area (TPSA) is 140 Å². The standard InChI is InChI=1S/C36H52F2N2O8/c1-9-10-29-47-28-16-21-22-15-24(37)23-14-20(41)11-12-33(23,6)35(22,38)26(42)17-34(21,7)36(28,48-29)27(43)18-46-31(45)32(4,5)40-30(44)25(39-8)13-19(2)3/h11-12,14,19,21-22,24-26,28-29,39,42H,9-10,13,15-18H2,1-8H3,(H,40,44)/t21?,22-,24-,25-,26-,28+,29?,33-,34-,35-,36+/m0/s1. The zero-order chi connectivity index (χ0) is 35.6. The fraction of sp³-hybridized carbons (Fsp3) is 0.778. The first-order valence-electron chi connectivity index (χ1n) is 17.3. The van der Waals surface area contributed by atoms with E-state index in [0.717, 1.165) is 6.08 Å². The Kier molecular flexibility index (Phi) is 9.68. The number of likely N-dealkylation sites (N-methyl/N-ethyl adjacent to an activating group) is 1. The summed E-state index contributed by atoms with van der Waals surface area (Å²) in [5.41, 5.74) is -8.27. The summed E-state index contributed by atoms with van der Waals surface area (Å²) in [7, 11) is 1.66. The first-order valence-corrected chi connectivity index (χ1v) is 17.3. The van der Waals surface area contributed by atoms with Gasteiger partial charge in [-0.05, 0) is 89.5 Å². The number of alkyl halides is 2. The highest BCUT2D eigenvalue weighted by Crippen LogP contribution is 2.72. The van der Waals surface area contributed by atoms with E-state index in [1.54, 1.807) is 14.0 Å². The van der Waals surface area contributed by atoms with Gasteiger partial charge in [0.1, 0.15) is 11.7 Å². The Morgan fingerprint density at radius 2 is 1.88 bits per heavy atom. The van der Waals surface area contributed by atoms with Gasteiger partial charge < -0.3 is 30.0 Å². The fourth-order valence-electron chi connectivity index (χ4n) is 9.58. The molecular formula is C36H52F2N2O8. The van der Waals surface area contributed by atoms with Crippen molar-refractivity contribution < 1.29 is 47.3 Å². The second-order valence-corrected chi connectivity index (χ2v) is 15.9. The third kappa shape index (κ3) is 5.40. The van der Waals surface area contributed by atoms with Gasteiger partial charge in [-0.15, -0.1) is 0 Å². The lowest BCUT2D eigenvalue weighted by molar-refractivity contribution is -0.235. The van der Waals surface area contributed by atoms with Crippen LogP contribution in [0.25, 0.3) is 0 Å². The van der Waals surface area contributed by atoms with Gasteiger partial charge in [0.05, 0.1) is 18.2 Å². The molecule has 0 aromatic heterocycles. The summed E-state index contributed by atoms with van der Waals surface area (Å²) in [6, 6.07) is -0.532. The monoisotopic (exact) mass is 678 g/mol. The summed E-state index contributed by atoms with van der Waals surface area (Å²) in [4.78, 5) is 52.9. The van der Waals surface area contributed by atoms with Gasteiger partial charge >= 0.3 is 5.97 Å². The number of rotatable bonds is 11. The predicted molar refractivity (Wildman–Crippen MR) is 172 cm³/mol. The van der Waals surface area contributed by atoms with Crippen LogP contribution in [0.3, 0.4) is 0 Å². The molecule has 11 atom stereocenters. The molecule has 4 fully saturated rings. The maximum absolute atomic E-state index is 17.7. The Bertz CT molecular complexity index is 1400. The Labute approximate surface area is 281 Å². The number of ketones is 2. The molecule has 5 rings (SSSR count). The molecule has 2 unspecified atom stereocenters. The number of aliphatic hydroxyl groups excluding tert-OH is 1. The molecule has 4 aliphatic carbocycles. The lowest BCUT2D eigenvalue weighted by Gasteiger charge is -2.63. The smallest absolute Gasteiger partial charge is 0.331 e. The Morgan fingerprint density at radius 3 is 2.50 bits per heavy atom. The summed E-state index contributed by atoms with van der Waals surface area (Å²) in [5, 5.41) is 17.4. The number of halogens is 2. The van der Waals surface area contributed by atoms with E-state index in [1.807, 2.05) is 20.8 Å². The first-order chi connectivity index (χ1) is 22.3. The molecule has 1 heterocycles. The maximum atomic E-state index is 17.7. The van der Waals surface area contributed by atoms with Gasteiger partial charge in [0.25, 0.3) is 0 Å². The van der Waals surface area contributed by atoms with Crippen LogP contribution in [-0.2, 0) is 33.4 Å². The Hall–Kier alpha value is -2.54. The quantitative estimate of drug-likeness (QED) is 0.278. The molecule has 12 heteroatoms. The predicted octanol–water partition coefficient (Wildman–Crippen LogP) is 3.84. The summed E-state index contributed by atoms with van der Waals surface area (Å²) in [6.07, 6.45) is 0.277. The maximum Gasteiger partial charge on any atom is 0.331 e. The molecule has 0 spiro atoms. The molecular weight excluding hydrogens is 626 g/mol. The number of carbonyl (C=O) groups excluding carboxylic acids is 4. The zero-order valence-electron chi connectivity index (χ0n) is 29.4. The number of hydrogen-bond donors (Lipinski definition) is 3. The van der Waals surface area contributed by atoms with Gasteiger partial charge in [0, 0.05) is 16.7 Å². The number of Topliss-reactive ketones (excluding diaryl/α,β-unsaturated/α-hetero) is 1. The third-order valence-corrected chi connectivity index (χ3v) is 12.0. The van der Waals surface area contributed by atoms with Crippen molar-refractivity contribution in [1.29, 1.82) is 0 Å². The van der Waals surface area contributed by atoms with Crippen LogP contribution in [0.15, 0.2) is 23.8 Å². The first kappa shape index (κ1) is 36.7. The van der Waals surface area contributed by atoms with Crippen LogP contribution in [0.4, 0.5) is 8.78 Å². The third-order valence-electron chi connectivity index (χ3n) is 12.0. The van der Waals surface area contributed by atoms with Crippen molar-refractivity contribution in [3.05, 3.63) is 23.8 Å². The summed E-state index contributed by atoms with van der Waals surface area (Å²) in [5.74, 6) is -3.68. The number of esters is 1. The summed E-state index contributed by atoms with van der Waals surface area (Å²) < 4.78 is 52.0. The highest BCUT2D eigenvalue weighted by atomic mass is 19.1. The molecule has 0 bridgehead atoms. The fourth-order valence-corrected chi connectivity index (χ4v) is 9.58. The van der Waals surface area contributed by atoms with Crippen molar-refractivity contribution >= 4 is 23.4 Å². The number of hydrogen-bond acceptors (Lipinski definition) is 9. The van der Waals surface area contributed by atoms with Gasteiger partial charge in [-0.3, -0.25) is 14.4 Å². The number of amides is 1. The molecule has 0 aromatic rings. The Morgan fingerprint density at radius 1 is 1.19 bits per heavy atom. The van der Waals surface area contributed by atoms with Crippen molar-refractivity contribution in [2.75, 3.05) is 13.7 Å². The molecule has 1 saturated heterocycles. The van der Waals surface area contributed by atoms with Crippen molar-refractivity contribution in [2.45, 2.75) is 135 Å². The van der Waals surface area contributed by atoms with Crippen LogP contribution in [0, 0.1) is 28.6 Å². The minimum atomic E-state index is -2.33. The van der Waals surface area contributed by atoms with Crippen LogP contribution < -0.4 is 10.6 Å². The van der Waals surface area contributed by atoms with Crippen LogP contribution in [0.5, 0.6) is 0 Å². The van der Waals surface area contributed by atoms with Gasteiger partial charge in [0.2, 0.25) is 11.7 Å². The number of aliphatic hydroxyl groups is 1. The molecule has 0 radical (unpaired) electrons. The molecule has 5 aliphatic rings. The SMILES string of the molecule is CCCC1O[C@@H]2CC3[C@@H]4C[C@H](F)C5=CC(=O)C=C[C@]5(C)[C@@]4(F)[C@@H](O)C[C@]3(C)[C@]2(C(=O)COC(=O)C(C)(C)NC(=O)[C@H](CC(C)C)NC)O1. The average molecular weight is 679 g/mol. The number of ether oxygens (including phenoxy) is 3. The van der Waals surface area contributed by atoms with Crippen molar-refractivity contribution in [3.63, 3.8) is 0 Å². The molecule has 48 heavy (non-hydrogen) atoms. The minimum absolute atomic E-state index is 0.0164. The van der Waals surface area contributed by atoms with Gasteiger partial charge in [0.15, 0.2) is 29.9 Å². The number of carbonyl (C=O) groups is 4. The van der Waals surface area contributed by atoms with Crippen molar-refractivity contribution in [1.82, 2.24) is 10.6 Å². The molecule has 0 aromatic carbocycles. The van der Waals surface area contributed by atoms with Gasteiger partial charge in [-0.2, -0.15) is 0 Å². The Balaban J connectivity index is 1.42. The van der Waals surface area contributed by atoms with Crippen LogP contribution in [0.2, 0.25) is 0 Å². The van der Waals surface area contributed by atoms with Crippen LogP contribution in [-0.4, -0.2) is 89.7 Å². The van der Waals surface area contributed by atoms with Crippen molar-refractivity contribution in [2.24, 2.45) is 28.6 Å². The molecule has 1 aliphatic heterocycles. The van der Waals surface area contributed by atoms with E-state index in [-0.39, 0.29) is 36.7 Å². The molecule has 268 valence electrons. The van der Waals surface area contributed by atoms with Gasteiger partial charge in [-0.1, -0.05) is 40.2 Å². The number of fused-ring (bicyclic) bond motifs is 7. The normalized spacial score (nSPS) is 40.8. The molecule has 10 nitrogen and oxygen atoms in total. The second kappa shape index (κ2) is 12.7. The second-order valence-electron chi connectivity index (χ2n) is 15.9. The number of nitrogens with one attached hydrogen (secondary N) is 2. The zero-order valence-corrected chi connectivity index (χ0v) is 29.4. The highest BCUT2D eigenvalue weighted by Gasteiger charge is 2.80. The van der Waals surface area contributed by atoms with E-state index in [1.165, 1.54) is 32.9 Å². The average Bonchev–Trinajstić information content (AvgIpc) is 3.48. The van der Waals surface area contributed by atoms with E-state index >= 15 is 8.78 Å². The van der Waals surface area contributed by atoms with E-state index < -0.39 is 94.3 Å². The van der Waals surface area contributed by atoms with Crippen LogP contribution >= 0.6 is 0 Å².